The molecule has 0 aliphatic heterocycles. The van der Waals surface area contributed by atoms with Crippen molar-refractivity contribution < 1.29 is 18.3 Å². The van der Waals surface area contributed by atoms with E-state index < -0.39 is 16.0 Å². The Morgan fingerprint density at radius 3 is 2.46 bits per heavy atom. The maximum Gasteiger partial charge on any atom is 0.313 e. The average Bonchev–Trinajstić information content (AvgIpc) is 2.53. The SMILES string of the molecule is Cc1ccc(CN(Cc2nc(N)cc(SCC(=O)O)n2)S(C)(=O)=O)cc1. The molecular formula is C16H20N4O4S2. The number of nitrogens with two attached hydrogens (primary N) is 1. The number of carboxylic acids is 1. The number of nitrogen functional groups attached to an aromatic ring is 1. The minimum absolute atomic E-state index is 0.0572. The summed E-state index contributed by atoms with van der Waals surface area (Å²) < 4.78 is 25.5. The van der Waals surface area contributed by atoms with Crippen LogP contribution in [-0.2, 0) is 27.9 Å². The molecule has 0 saturated carbocycles. The van der Waals surface area contributed by atoms with E-state index >= 15 is 0 Å². The van der Waals surface area contributed by atoms with Crippen LogP contribution in [-0.4, -0.2) is 45.8 Å². The molecule has 0 amide bonds. The number of aromatic nitrogens is 2. The van der Waals surface area contributed by atoms with Gasteiger partial charge in [0.05, 0.1) is 18.6 Å². The molecule has 0 saturated heterocycles. The minimum Gasteiger partial charge on any atom is -0.481 e. The van der Waals surface area contributed by atoms with E-state index in [1.165, 1.54) is 10.4 Å². The standard InChI is InChI=1S/C16H20N4O4S2/c1-11-3-5-12(6-4-11)8-20(26(2,23)24)9-14-18-13(17)7-15(19-14)25-10-16(21)22/h3-7H,8-10H2,1-2H3,(H,21,22)(H2,17,18,19). The third kappa shape index (κ3) is 6.28. The zero-order chi connectivity index (χ0) is 19.3. The average molecular weight is 396 g/mol. The van der Waals surface area contributed by atoms with Crippen molar-refractivity contribution in [1.29, 1.82) is 0 Å². The number of hydrogen-bond acceptors (Lipinski definition) is 7. The van der Waals surface area contributed by atoms with Crippen LogP contribution in [0.1, 0.15) is 17.0 Å². The molecule has 3 N–H and O–H groups in total. The highest BCUT2D eigenvalue weighted by Gasteiger charge is 2.20. The lowest BCUT2D eigenvalue weighted by Crippen LogP contribution is -2.30. The van der Waals surface area contributed by atoms with E-state index in [1.54, 1.807) is 0 Å². The van der Waals surface area contributed by atoms with Crippen LogP contribution in [0.15, 0.2) is 35.4 Å². The number of benzene rings is 1. The van der Waals surface area contributed by atoms with Crippen LogP contribution in [0.4, 0.5) is 5.82 Å². The van der Waals surface area contributed by atoms with E-state index in [4.69, 9.17) is 10.8 Å². The molecule has 10 heteroatoms. The monoisotopic (exact) mass is 396 g/mol. The third-order valence-electron chi connectivity index (χ3n) is 3.38. The molecule has 0 aliphatic carbocycles. The molecule has 26 heavy (non-hydrogen) atoms. The van der Waals surface area contributed by atoms with Gasteiger partial charge in [-0.25, -0.2) is 18.4 Å². The maximum absolute atomic E-state index is 12.1. The van der Waals surface area contributed by atoms with Crippen molar-refractivity contribution >= 4 is 33.6 Å². The van der Waals surface area contributed by atoms with E-state index in [-0.39, 0.29) is 30.5 Å². The lowest BCUT2D eigenvalue weighted by Gasteiger charge is -2.19. The van der Waals surface area contributed by atoms with Gasteiger partial charge in [0.25, 0.3) is 0 Å². The predicted octanol–water partition coefficient (Wildman–Crippen LogP) is 1.51. The molecule has 2 rings (SSSR count). The molecule has 0 aliphatic rings. The van der Waals surface area contributed by atoms with Gasteiger partial charge in [0.1, 0.15) is 16.7 Å². The molecule has 0 atom stereocenters. The number of anilines is 1. The molecule has 0 fully saturated rings. The molecule has 0 unspecified atom stereocenters. The van der Waals surface area contributed by atoms with Crippen LogP contribution in [0.2, 0.25) is 0 Å². The van der Waals surface area contributed by atoms with Crippen LogP contribution < -0.4 is 5.73 Å². The Balaban J connectivity index is 2.22. The number of carbonyl (C=O) groups is 1. The number of hydrogen-bond donors (Lipinski definition) is 2. The maximum atomic E-state index is 12.1. The first-order chi connectivity index (χ1) is 12.1. The van der Waals surface area contributed by atoms with Gasteiger partial charge in [0.15, 0.2) is 0 Å². The summed E-state index contributed by atoms with van der Waals surface area (Å²) in [6.45, 7) is 2.07. The van der Waals surface area contributed by atoms with Crippen LogP contribution in [0.25, 0.3) is 0 Å². The highest BCUT2D eigenvalue weighted by Crippen LogP contribution is 2.19. The highest BCUT2D eigenvalue weighted by molar-refractivity contribution is 7.99. The molecule has 1 heterocycles. The van der Waals surface area contributed by atoms with Gasteiger partial charge in [-0.1, -0.05) is 41.6 Å². The van der Waals surface area contributed by atoms with Gasteiger partial charge < -0.3 is 10.8 Å². The Morgan fingerprint density at radius 1 is 1.23 bits per heavy atom. The Bertz CT molecular complexity index is 886. The van der Waals surface area contributed by atoms with Crippen molar-refractivity contribution in [3.05, 3.63) is 47.3 Å². The zero-order valence-corrected chi connectivity index (χ0v) is 16.0. The summed E-state index contributed by atoms with van der Waals surface area (Å²) >= 11 is 0.998. The zero-order valence-electron chi connectivity index (χ0n) is 14.4. The topological polar surface area (TPSA) is 126 Å². The summed E-state index contributed by atoms with van der Waals surface area (Å²) in [6.07, 6.45) is 1.12. The van der Waals surface area contributed by atoms with Crippen molar-refractivity contribution in [1.82, 2.24) is 14.3 Å². The third-order valence-corrected chi connectivity index (χ3v) is 5.47. The summed E-state index contributed by atoms with van der Waals surface area (Å²) in [5.41, 5.74) is 7.66. The molecule has 0 spiro atoms. The van der Waals surface area contributed by atoms with Crippen LogP contribution in [0, 0.1) is 6.92 Å². The van der Waals surface area contributed by atoms with Crippen LogP contribution in [0.3, 0.4) is 0 Å². The fraction of sp³-hybridized carbons (Fsp3) is 0.312. The molecule has 1 aromatic carbocycles. The number of aryl methyl sites for hydroxylation is 1. The lowest BCUT2D eigenvalue weighted by atomic mass is 10.1. The van der Waals surface area contributed by atoms with Crippen molar-refractivity contribution in [2.75, 3.05) is 17.7 Å². The normalized spacial score (nSPS) is 11.7. The fourth-order valence-corrected chi connectivity index (χ4v) is 3.50. The fourth-order valence-electron chi connectivity index (χ4n) is 2.12. The van der Waals surface area contributed by atoms with Crippen molar-refractivity contribution in [2.45, 2.75) is 25.0 Å². The van der Waals surface area contributed by atoms with E-state index in [1.807, 2.05) is 31.2 Å². The summed E-state index contributed by atoms with van der Waals surface area (Å²) in [4.78, 5) is 19.0. The summed E-state index contributed by atoms with van der Waals surface area (Å²) in [5, 5.41) is 9.15. The minimum atomic E-state index is -3.51. The summed E-state index contributed by atoms with van der Waals surface area (Å²) in [5.74, 6) is -0.775. The molecule has 0 bridgehead atoms. The molecule has 1 aromatic heterocycles. The molecular weight excluding hydrogens is 376 g/mol. The number of nitrogens with zero attached hydrogens (tertiary/aromatic N) is 3. The Hall–Kier alpha value is -2.17. The highest BCUT2D eigenvalue weighted by atomic mass is 32.2. The van der Waals surface area contributed by atoms with Crippen LogP contribution in [0.5, 0.6) is 0 Å². The molecule has 8 nitrogen and oxygen atoms in total. The number of aliphatic carboxylic acids is 1. The molecule has 0 radical (unpaired) electrons. The van der Waals surface area contributed by atoms with Crippen molar-refractivity contribution in [3.63, 3.8) is 0 Å². The number of carboxylic acid groups (broad SMARTS) is 1. The van der Waals surface area contributed by atoms with Gasteiger partial charge in [0, 0.05) is 12.6 Å². The molecule has 140 valence electrons. The first kappa shape index (κ1) is 20.1. The van der Waals surface area contributed by atoms with Gasteiger partial charge >= 0.3 is 5.97 Å². The lowest BCUT2D eigenvalue weighted by molar-refractivity contribution is -0.133. The van der Waals surface area contributed by atoms with Gasteiger partial charge in [-0.3, -0.25) is 4.79 Å². The first-order valence-electron chi connectivity index (χ1n) is 7.62. The van der Waals surface area contributed by atoms with Crippen LogP contribution >= 0.6 is 11.8 Å². The van der Waals surface area contributed by atoms with E-state index in [2.05, 4.69) is 9.97 Å². The summed E-state index contributed by atoms with van der Waals surface area (Å²) in [6, 6.07) is 9.01. The summed E-state index contributed by atoms with van der Waals surface area (Å²) in [7, 11) is -3.51. The predicted molar refractivity (Wildman–Crippen MR) is 100 cm³/mol. The van der Waals surface area contributed by atoms with Crippen molar-refractivity contribution in [3.8, 4) is 0 Å². The smallest absolute Gasteiger partial charge is 0.313 e. The Kier molecular flexibility index (Phi) is 6.57. The van der Waals surface area contributed by atoms with Gasteiger partial charge in [0.2, 0.25) is 10.0 Å². The number of thioether (sulfide) groups is 1. The largest absolute Gasteiger partial charge is 0.481 e. The number of sulfonamides is 1. The second-order valence-corrected chi connectivity index (χ2v) is 8.72. The molecule has 2 aromatic rings. The Labute approximate surface area is 156 Å². The second kappa shape index (κ2) is 8.47. The van der Waals surface area contributed by atoms with Gasteiger partial charge in [-0.05, 0) is 12.5 Å². The van der Waals surface area contributed by atoms with Crippen molar-refractivity contribution in [2.24, 2.45) is 0 Å². The first-order valence-corrected chi connectivity index (χ1v) is 10.5. The van der Waals surface area contributed by atoms with Gasteiger partial charge in [-0.15, -0.1) is 0 Å². The van der Waals surface area contributed by atoms with Gasteiger partial charge in [-0.2, -0.15) is 4.31 Å². The second-order valence-electron chi connectivity index (χ2n) is 5.75. The van der Waals surface area contributed by atoms with E-state index in [0.717, 1.165) is 29.1 Å². The van der Waals surface area contributed by atoms with E-state index in [0.29, 0.717) is 5.03 Å². The quantitative estimate of drug-likeness (QED) is 0.508. The van der Waals surface area contributed by atoms with E-state index in [9.17, 15) is 13.2 Å². The number of rotatable bonds is 8. The Morgan fingerprint density at radius 2 is 1.88 bits per heavy atom.